The van der Waals surface area contributed by atoms with E-state index in [1.807, 2.05) is 0 Å². The van der Waals surface area contributed by atoms with Gasteiger partial charge >= 0.3 is 5.97 Å². The molecule has 1 amide bonds. The third-order valence-electron chi connectivity index (χ3n) is 3.22. The van der Waals surface area contributed by atoms with Gasteiger partial charge in [0.1, 0.15) is 0 Å². The third kappa shape index (κ3) is 2.05. The van der Waals surface area contributed by atoms with Crippen LogP contribution in [-0.4, -0.2) is 34.3 Å². The Bertz CT molecular complexity index is 670. The molecule has 2 aromatic rings. The Kier molecular flexibility index (Phi) is 3.19. The minimum Gasteiger partial charge on any atom is -0.465 e. The topological polar surface area (TPSA) is 72.4 Å². The lowest BCUT2D eigenvalue weighted by Crippen LogP contribution is -2.29. The lowest BCUT2D eigenvalue weighted by Gasteiger charge is -2.15. The normalized spacial score (nSPS) is 13.2. The minimum atomic E-state index is -0.374. The highest BCUT2D eigenvalue weighted by molar-refractivity contribution is 6.99. The highest BCUT2D eigenvalue weighted by Gasteiger charge is 2.27. The summed E-state index contributed by atoms with van der Waals surface area (Å²) in [5, 5.41) is 0. The molecule has 1 aromatic carbocycles. The summed E-state index contributed by atoms with van der Waals surface area (Å²) in [6, 6.07) is 5.20. The van der Waals surface area contributed by atoms with Crippen molar-refractivity contribution in [3.63, 3.8) is 0 Å². The number of hydrogen-bond acceptors (Lipinski definition) is 6. The van der Waals surface area contributed by atoms with Crippen molar-refractivity contribution < 1.29 is 14.3 Å². The van der Waals surface area contributed by atoms with Gasteiger partial charge in [-0.25, -0.2) is 4.79 Å². The van der Waals surface area contributed by atoms with E-state index in [1.54, 1.807) is 23.1 Å². The summed E-state index contributed by atoms with van der Waals surface area (Å²) in [6.07, 6.45) is 2.18. The lowest BCUT2D eigenvalue weighted by atomic mass is 10.1. The first-order valence-electron chi connectivity index (χ1n) is 6.01. The number of fused-ring (bicyclic) bond motifs is 1. The van der Waals surface area contributed by atoms with Crippen LogP contribution in [0.1, 0.15) is 26.4 Å². The summed E-state index contributed by atoms with van der Waals surface area (Å²) in [4.78, 5) is 25.4. The molecule has 7 heteroatoms. The summed E-state index contributed by atoms with van der Waals surface area (Å²) in [7, 11) is 1.35. The zero-order valence-corrected chi connectivity index (χ0v) is 11.5. The van der Waals surface area contributed by atoms with Crippen molar-refractivity contribution >= 4 is 29.3 Å². The second-order valence-corrected chi connectivity index (χ2v) is 4.89. The van der Waals surface area contributed by atoms with Gasteiger partial charge in [-0.15, -0.1) is 0 Å². The molecule has 102 valence electrons. The van der Waals surface area contributed by atoms with E-state index >= 15 is 0 Å². The molecule has 0 atom stereocenters. The van der Waals surface area contributed by atoms with E-state index in [2.05, 4.69) is 8.75 Å². The Morgan fingerprint density at radius 3 is 2.95 bits per heavy atom. The number of benzene rings is 1. The van der Waals surface area contributed by atoms with Gasteiger partial charge in [0.05, 0.1) is 30.6 Å². The van der Waals surface area contributed by atoms with E-state index in [1.165, 1.54) is 13.3 Å². The van der Waals surface area contributed by atoms with Gasteiger partial charge in [0.2, 0.25) is 0 Å². The van der Waals surface area contributed by atoms with Crippen molar-refractivity contribution in [1.82, 2.24) is 8.75 Å². The second kappa shape index (κ2) is 5.01. The van der Waals surface area contributed by atoms with Crippen molar-refractivity contribution in [3.8, 4) is 0 Å². The summed E-state index contributed by atoms with van der Waals surface area (Å²) in [6.45, 7) is 0.580. The van der Waals surface area contributed by atoms with Crippen LogP contribution >= 0.6 is 11.7 Å². The molecular formula is C13H11N3O3S. The van der Waals surface area contributed by atoms with Gasteiger partial charge in [0.25, 0.3) is 5.91 Å². The van der Waals surface area contributed by atoms with Gasteiger partial charge in [-0.3, -0.25) is 4.79 Å². The minimum absolute atomic E-state index is 0.164. The highest BCUT2D eigenvalue weighted by Crippen LogP contribution is 2.30. The van der Waals surface area contributed by atoms with Crippen molar-refractivity contribution in [2.45, 2.75) is 6.42 Å². The molecule has 0 fully saturated rings. The van der Waals surface area contributed by atoms with E-state index in [0.29, 0.717) is 24.2 Å². The van der Waals surface area contributed by atoms with Crippen LogP contribution in [0.4, 0.5) is 5.69 Å². The van der Waals surface area contributed by atoms with Crippen LogP contribution in [-0.2, 0) is 11.2 Å². The molecule has 0 radical (unpaired) electrons. The maximum atomic E-state index is 12.3. The number of carbonyl (C=O) groups excluding carboxylic acids is 2. The first-order valence-corrected chi connectivity index (χ1v) is 6.74. The van der Waals surface area contributed by atoms with Crippen molar-refractivity contribution in [3.05, 3.63) is 41.2 Å². The smallest absolute Gasteiger partial charge is 0.337 e. The molecule has 0 saturated carbocycles. The van der Waals surface area contributed by atoms with Crippen molar-refractivity contribution in [2.75, 3.05) is 18.6 Å². The van der Waals surface area contributed by atoms with E-state index in [4.69, 9.17) is 4.74 Å². The maximum Gasteiger partial charge on any atom is 0.337 e. The first kappa shape index (κ1) is 12.7. The maximum absolute atomic E-state index is 12.3. The Hall–Kier alpha value is -2.28. The van der Waals surface area contributed by atoms with Crippen LogP contribution in [0.2, 0.25) is 0 Å². The van der Waals surface area contributed by atoms with Gasteiger partial charge in [0, 0.05) is 12.2 Å². The molecule has 1 aromatic heterocycles. The van der Waals surface area contributed by atoms with Crippen LogP contribution < -0.4 is 4.90 Å². The summed E-state index contributed by atoms with van der Waals surface area (Å²) >= 11 is 1.01. The zero-order chi connectivity index (χ0) is 14.1. The number of hydrogen-bond donors (Lipinski definition) is 0. The summed E-state index contributed by atoms with van der Waals surface area (Å²) in [5.41, 5.74) is 2.62. The predicted molar refractivity (Wildman–Crippen MR) is 73.1 cm³/mol. The number of nitrogens with zero attached hydrogens (tertiary/aromatic N) is 3. The Morgan fingerprint density at radius 1 is 1.40 bits per heavy atom. The lowest BCUT2D eigenvalue weighted by molar-refractivity contribution is 0.0600. The molecule has 0 N–H and O–H groups in total. The Morgan fingerprint density at radius 2 is 2.25 bits per heavy atom. The first-order chi connectivity index (χ1) is 9.70. The molecule has 0 unspecified atom stereocenters. The molecule has 6 nitrogen and oxygen atoms in total. The van der Waals surface area contributed by atoms with Crippen molar-refractivity contribution in [2.24, 2.45) is 0 Å². The van der Waals surface area contributed by atoms with Gasteiger partial charge in [-0.05, 0) is 30.2 Å². The molecule has 3 rings (SSSR count). The van der Waals surface area contributed by atoms with Gasteiger partial charge in [0.15, 0.2) is 5.69 Å². The number of methoxy groups -OCH3 is 1. The molecule has 0 saturated heterocycles. The molecule has 1 aliphatic heterocycles. The van der Waals surface area contributed by atoms with E-state index in [0.717, 1.165) is 23.0 Å². The average molecular weight is 289 g/mol. The molecule has 1 aliphatic rings. The van der Waals surface area contributed by atoms with Crippen LogP contribution in [0.5, 0.6) is 0 Å². The van der Waals surface area contributed by atoms with Crippen LogP contribution in [0.3, 0.4) is 0 Å². The number of amides is 1. The molecule has 2 heterocycles. The van der Waals surface area contributed by atoms with Crippen molar-refractivity contribution in [1.29, 1.82) is 0 Å². The third-order valence-corrected chi connectivity index (χ3v) is 3.70. The molecule has 20 heavy (non-hydrogen) atoms. The fourth-order valence-electron chi connectivity index (χ4n) is 2.25. The van der Waals surface area contributed by atoms with Crippen LogP contribution in [0, 0.1) is 0 Å². The molecular weight excluding hydrogens is 278 g/mol. The Balaban J connectivity index is 1.91. The van der Waals surface area contributed by atoms with Gasteiger partial charge < -0.3 is 9.64 Å². The largest absolute Gasteiger partial charge is 0.465 e. The van der Waals surface area contributed by atoms with Gasteiger partial charge in [-0.2, -0.15) is 8.75 Å². The van der Waals surface area contributed by atoms with E-state index in [-0.39, 0.29) is 11.9 Å². The summed E-state index contributed by atoms with van der Waals surface area (Å²) in [5.74, 6) is -0.537. The zero-order valence-electron chi connectivity index (χ0n) is 10.7. The highest BCUT2D eigenvalue weighted by atomic mass is 32.1. The number of rotatable bonds is 2. The average Bonchev–Trinajstić information content (AvgIpc) is 3.14. The number of aromatic nitrogens is 2. The standard InChI is InChI=1S/C13H11N3O3S/c1-19-13(18)9-2-3-11-8(6-9)4-5-16(11)12(17)10-7-14-20-15-10/h2-3,6-7H,4-5H2,1H3. The predicted octanol–water partition coefficient (Wildman–Crippen LogP) is 1.53. The number of carbonyl (C=O) groups is 2. The summed E-state index contributed by atoms with van der Waals surface area (Å²) < 4.78 is 12.5. The van der Waals surface area contributed by atoms with Crippen LogP contribution in [0.25, 0.3) is 0 Å². The molecule has 0 bridgehead atoms. The van der Waals surface area contributed by atoms with E-state index < -0.39 is 0 Å². The quantitative estimate of drug-likeness (QED) is 0.784. The monoisotopic (exact) mass is 289 g/mol. The number of anilines is 1. The molecule has 0 aliphatic carbocycles. The second-order valence-electron chi connectivity index (χ2n) is 4.33. The van der Waals surface area contributed by atoms with Gasteiger partial charge in [-0.1, -0.05) is 0 Å². The fourth-order valence-corrected chi connectivity index (χ4v) is 2.66. The molecule has 0 spiro atoms. The van der Waals surface area contributed by atoms with E-state index in [9.17, 15) is 9.59 Å². The number of ether oxygens (including phenoxy) is 1. The fraction of sp³-hybridized carbons (Fsp3) is 0.231. The Labute approximate surface area is 119 Å². The SMILES string of the molecule is COC(=O)c1ccc2c(c1)CCN2C(=O)c1cnsn1. The van der Waals surface area contributed by atoms with Crippen LogP contribution in [0.15, 0.2) is 24.4 Å². The number of esters is 1.